The summed E-state index contributed by atoms with van der Waals surface area (Å²) in [6.07, 6.45) is 3.07. The highest BCUT2D eigenvalue weighted by molar-refractivity contribution is 7.08. The summed E-state index contributed by atoms with van der Waals surface area (Å²) < 4.78 is 6.35. The Hall–Kier alpha value is -1.60. The highest BCUT2D eigenvalue weighted by atomic mass is 35.5. The number of nitrogens with zero attached hydrogens (tertiary/aromatic N) is 1. The van der Waals surface area contributed by atoms with E-state index in [0.29, 0.717) is 16.6 Å². The van der Waals surface area contributed by atoms with E-state index in [2.05, 4.69) is 24.3 Å². The van der Waals surface area contributed by atoms with Crippen LogP contribution in [0, 0.1) is 0 Å². The van der Waals surface area contributed by atoms with E-state index in [9.17, 15) is 4.79 Å². The van der Waals surface area contributed by atoms with Crippen molar-refractivity contribution < 1.29 is 26.8 Å². The van der Waals surface area contributed by atoms with Crippen molar-refractivity contribution in [3.63, 3.8) is 0 Å². The van der Waals surface area contributed by atoms with Gasteiger partial charge < -0.3 is 26.9 Å². The normalized spacial score (nSPS) is 21.6. The highest BCUT2D eigenvalue weighted by Crippen LogP contribution is 2.42. The number of likely N-dealkylation sites (tertiary alicyclic amines) is 1. The fourth-order valence-electron chi connectivity index (χ4n) is 5.58. The molecular weight excluding hydrogens is 535 g/mol. The molecule has 4 nitrogen and oxygen atoms in total. The van der Waals surface area contributed by atoms with Gasteiger partial charge in [0.05, 0.1) is 41.8 Å². The van der Waals surface area contributed by atoms with Crippen LogP contribution in [0.15, 0.2) is 59.3 Å². The molecule has 1 N–H and O–H groups in total. The number of carbonyl (C=O) groups excluding carboxylic acids is 1. The van der Waals surface area contributed by atoms with Gasteiger partial charge in [0, 0.05) is 44.2 Å². The second-order valence-electron chi connectivity index (χ2n) is 9.80. The number of amides is 1. The molecule has 3 heterocycles. The molecule has 1 fully saturated rings. The SMILES string of the molecule is CN(CC(CC[NH+]1CCC2(CC1)OCc1ccccc12)c1ccc(Cl)c(Cl)c1)C(=O)c1ccsc1.[Cl-]. The van der Waals surface area contributed by atoms with Crippen molar-refractivity contribution in [1.29, 1.82) is 0 Å². The van der Waals surface area contributed by atoms with Crippen LogP contribution in [0.4, 0.5) is 0 Å². The van der Waals surface area contributed by atoms with Crippen LogP contribution in [0.25, 0.3) is 0 Å². The zero-order chi connectivity index (χ0) is 24.4. The van der Waals surface area contributed by atoms with Crippen molar-refractivity contribution in [3.8, 4) is 0 Å². The van der Waals surface area contributed by atoms with E-state index in [4.69, 9.17) is 27.9 Å². The summed E-state index contributed by atoms with van der Waals surface area (Å²) in [5.74, 6) is 0.241. The number of piperidine rings is 1. The number of ether oxygens (including phenoxy) is 1. The number of hydrogen-bond donors (Lipinski definition) is 1. The van der Waals surface area contributed by atoms with Gasteiger partial charge in [-0.15, -0.1) is 0 Å². The summed E-state index contributed by atoms with van der Waals surface area (Å²) in [6.45, 7) is 4.59. The summed E-state index contributed by atoms with van der Waals surface area (Å²) in [7, 11) is 1.89. The van der Waals surface area contributed by atoms with Gasteiger partial charge >= 0.3 is 0 Å². The van der Waals surface area contributed by atoms with Gasteiger partial charge in [0.25, 0.3) is 5.91 Å². The second-order valence-corrected chi connectivity index (χ2v) is 11.4. The fraction of sp³-hybridized carbons (Fsp3) is 0.393. The lowest BCUT2D eigenvalue weighted by molar-refractivity contribution is -0.908. The van der Waals surface area contributed by atoms with Crippen LogP contribution < -0.4 is 17.3 Å². The van der Waals surface area contributed by atoms with Gasteiger partial charge in [-0.25, -0.2) is 0 Å². The molecule has 0 radical (unpaired) electrons. The van der Waals surface area contributed by atoms with Crippen LogP contribution >= 0.6 is 34.5 Å². The summed E-state index contributed by atoms with van der Waals surface area (Å²) in [4.78, 5) is 16.3. The molecule has 2 aromatic carbocycles. The topological polar surface area (TPSA) is 34.0 Å². The number of halogens is 3. The number of fused-ring (bicyclic) bond motifs is 2. The van der Waals surface area contributed by atoms with Crippen LogP contribution in [-0.2, 0) is 16.9 Å². The molecule has 2 aliphatic heterocycles. The third-order valence-electron chi connectivity index (χ3n) is 7.65. The minimum atomic E-state index is -0.101. The Kier molecular flexibility index (Phi) is 9.03. The molecular formula is C28H31Cl3N2O2S. The van der Waals surface area contributed by atoms with Crippen LogP contribution in [0.5, 0.6) is 0 Å². The summed E-state index contributed by atoms with van der Waals surface area (Å²) in [5, 5.41) is 4.96. The van der Waals surface area contributed by atoms with Gasteiger partial charge in [-0.2, -0.15) is 11.3 Å². The number of likely N-dealkylation sites (N-methyl/N-ethyl adjacent to an activating group) is 1. The minimum absolute atomic E-state index is 0. The molecule has 1 aromatic heterocycles. The van der Waals surface area contributed by atoms with Crippen molar-refractivity contribution in [2.24, 2.45) is 0 Å². The van der Waals surface area contributed by atoms with E-state index in [1.54, 1.807) is 16.2 Å². The molecule has 5 rings (SSSR count). The van der Waals surface area contributed by atoms with E-state index < -0.39 is 0 Å². The molecule has 1 unspecified atom stereocenters. The molecule has 36 heavy (non-hydrogen) atoms. The molecule has 1 amide bonds. The number of benzene rings is 2. The monoisotopic (exact) mass is 564 g/mol. The zero-order valence-electron chi connectivity index (χ0n) is 20.3. The van der Waals surface area contributed by atoms with Gasteiger partial charge in [0.15, 0.2) is 0 Å². The molecule has 1 saturated heterocycles. The number of nitrogens with one attached hydrogen (secondary N) is 1. The van der Waals surface area contributed by atoms with Crippen LogP contribution in [-0.4, -0.2) is 44.0 Å². The molecule has 1 spiro atoms. The average molecular weight is 566 g/mol. The van der Waals surface area contributed by atoms with Gasteiger partial charge in [-0.1, -0.05) is 53.5 Å². The Morgan fingerprint density at radius 1 is 1.14 bits per heavy atom. The first kappa shape index (κ1) is 27.4. The Bertz CT molecular complexity index is 1180. The van der Waals surface area contributed by atoms with Crippen molar-refractivity contribution >= 4 is 40.4 Å². The van der Waals surface area contributed by atoms with Crippen molar-refractivity contribution in [3.05, 3.63) is 91.6 Å². The molecule has 0 saturated carbocycles. The smallest absolute Gasteiger partial charge is 0.254 e. The lowest BCUT2D eigenvalue weighted by Gasteiger charge is -2.37. The van der Waals surface area contributed by atoms with Crippen LogP contribution in [0.1, 0.15) is 52.2 Å². The van der Waals surface area contributed by atoms with Gasteiger partial charge in [0.1, 0.15) is 5.60 Å². The maximum atomic E-state index is 12.9. The maximum absolute atomic E-state index is 12.9. The Morgan fingerprint density at radius 2 is 1.92 bits per heavy atom. The van der Waals surface area contributed by atoms with Crippen molar-refractivity contribution in [2.75, 3.05) is 33.2 Å². The number of thiophene rings is 1. The lowest BCUT2D eigenvalue weighted by atomic mass is 9.83. The van der Waals surface area contributed by atoms with Crippen molar-refractivity contribution in [1.82, 2.24) is 4.90 Å². The first-order valence-electron chi connectivity index (χ1n) is 12.2. The third kappa shape index (κ3) is 5.77. The molecule has 1 atom stereocenters. The molecule has 192 valence electrons. The number of hydrogen-bond acceptors (Lipinski definition) is 3. The van der Waals surface area contributed by atoms with Crippen molar-refractivity contribution in [2.45, 2.75) is 37.4 Å². The predicted octanol–water partition coefficient (Wildman–Crippen LogP) is 2.41. The van der Waals surface area contributed by atoms with E-state index in [1.165, 1.54) is 11.1 Å². The Balaban J connectivity index is 0.00000304. The summed E-state index contributed by atoms with van der Waals surface area (Å²) >= 11 is 14.1. The third-order valence-corrected chi connectivity index (χ3v) is 9.07. The number of quaternary nitrogens is 1. The Morgan fingerprint density at radius 3 is 2.64 bits per heavy atom. The quantitative estimate of drug-likeness (QED) is 0.478. The van der Waals surface area contributed by atoms with Gasteiger partial charge in [-0.05, 0) is 40.3 Å². The van der Waals surface area contributed by atoms with Gasteiger partial charge in [0.2, 0.25) is 0 Å². The maximum Gasteiger partial charge on any atom is 0.254 e. The van der Waals surface area contributed by atoms with E-state index in [1.807, 2.05) is 47.0 Å². The Labute approximate surface area is 233 Å². The molecule has 3 aromatic rings. The molecule has 0 bridgehead atoms. The fourth-order valence-corrected chi connectivity index (χ4v) is 6.52. The minimum Gasteiger partial charge on any atom is -1.00 e. The van der Waals surface area contributed by atoms with E-state index in [0.717, 1.165) is 56.6 Å². The first-order chi connectivity index (χ1) is 16.9. The first-order valence-corrected chi connectivity index (χ1v) is 13.9. The second kappa shape index (κ2) is 11.8. The lowest BCUT2D eigenvalue weighted by Crippen LogP contribution is -3.13. The highest BCUT2D eigenvalue weighted by Gasteiger charge is 2.44. The average Bonchev–Trinajstić information content (AvgIpc) is 3.53. The number of rotatable bonds is 7. The summed E-state index contributed by atoms with van der Waals surface area (Å²) in [5.41, 5.74) is 4.51. The predicted molar refractivity (Wildman–Crippen MR) is 143 cm³/mol. The molecule has 8 heteroatoms. The van der Waals surface area contributed by atoms with Crippen LogP contribution in [0.2, 0.25) is 10.0 Å². The summed E-state index contributed by atoms with van der Waals surface area (Å²) in [6, 6.07) is 16.4. The standard InChI is InChI=1S/C28H30Cl2N2O2S.ClH/c1-31(27(33)23-9-15-35-19-23)17-21(20-6-7-25(29)26(30)16-20)8-12-32-13-10-28(11-14-32)24-5-3-2-4-22(24)18-34-28;/h2-7,9,15-16,19,21H,8,10-14,17-18H2,1H3;1H. The van der Waals surface area contributed by atoms with E-state index in [-0.39, 0.29) is 29.8 Å². The number of carbonyl (C=O) groups is 1. The zero-order valence-corrected chi connectivity index (χ0v) is 23.4. The molecule has 2 aliphatic rings. The van der Waals surface area contributed by atoms with E-state index >= 15 is 0 Å². The largest absolute Gasteiger partial charge is 1.00 e. The molecule has 0 aliphatic carbocycles. The van der Waals surface area contributed by atoms with Crippen LogP contribution in [0.3, 0.4) is 0 Å². The van der Waals surface area contributed by atoms with Gasteiger partial charge in [-0.3, -0.25) is 4.79 Å².